The van der Waals surface area contributed by atoms with Crippen LogP contribution in [0, 0.1) is 5.95 Å². The van der Waals surface area contributed by atoms with Gasteiger partial charge in [-0.3, -0.25) is 9.89 Å². The zero-order chi connectivity index (χ0) is 23.3. The predicted octanol–water partition coefficient (Wildman–Crippen LogP) is 3.61. The summed E-state index contributed by atoms with van der Waals surface area (Å²) in [6, 6.07) is 8.56. The Balaban J connectivity index is 1.31. The van der Waals surface area contributed by atoms with Crippen molar-refractivity contribution >= 4 is 34.7 Å². The van der Waals surface area contributed by atoms with Crippen molar-refractivity contribution < 1.29 is 9.18 Å². The van der Waals surface area contributed by atoms with Crippen LogP contribution in [0.4, 0.5) is 27.7 Å². The van der Waals surface area contributed by atoms with Gasteiger partial charge in [-0.1, -0.05) is 0 Å². The third-order valence-corrected chi connectivity index (χ3v) is 6.60. The van der Waals surface area contributed by atoms with Gasteiger partial charge in [-0.2, -0.15) is 14.5 Å². The fourth-order valence-electron chi connectivity index (χ4n) is 4.49. The highest BCUT2D eigenvalue weighted by molar-refractivity contribution is 6.00. The summed E-state index contributed by atoms with van der Waals surface area (Å²) in [5.74, 6) is 1.50. The first kappa shape index (κ1) is 20.6. The molecule has 11 heteroatoms. The average Bonchev–Trinajstić information content (AvgIpc) is 3.20. The molecule has 1 aliphatic heterocycles. The van der Waals surface area contributed by atoms with Gasteiger partial charge in [0.05, 0.1) is 11.9 Å². The largest absolute Gasteiger partial charge is 0.325 e. The minimum atomic E-state index is -0.877. The summed E-state index contributed by atoms with van der Waals surface area (Å²) in [5.41, 5.74) is 1.50. The van der Waals surface area contributed by atoms with E-state index in [1.807, 2.05) is 36.2 Å². The van der Waals surface area contributed by atoms with E-state index >= 15 is 0 Å². The van der Waals surface area contributed by atoms with Crippen molar-refractivity contribution in [2.75, 3.05) is 22.1 Å². The molecule has 0 spiro atoms. The van der Waals surface area contributed by atoms with E-state index in [1.54, 1.807) is 4.52 Å². The number of aromatic amines is 1. The van der Waals surface area contributed by atoms with Crippen LogP contribution in [0.3, 0.4) is 0 Å². The van der Waals surface area contributed by atoms with E-state index in [2.05, 4.69) is 30.9 Å². The van der Waals surface area contributed by atoms with Gasteiger partial charge in [0.25, 0.3) is 0 Å². The highest BCUT2D eigenvalue weighted by Crippen LogP contribution is 2.40. The Morgan fingerprint density at radius 1 is 1.29 bits per heavy atom. The fraction of sp³-hybridized carbons (Fsp3) is 0.348. The molecule has 5 heterocycles. The number of hydrogen-bond acceptors (Lipinski definition) is 7. The van der Waals surface area contributed by atoms with Gasteiger partial charge in [0.15, 0.2) is 11.6 Å². The Morgan fingerprint density at radius 2 is 2.18 bits per heavy atom. The lowest BCUT2D eigenvalue weighted by atomic mass is 9.97. The van der Waals surface area contributed by atoms with Crippen LogP contribution < -0.4 is 15.5 Å². The number of carbonyl (C=O) groups is 1. The molecule has 0 aromatic carbocycles. The van der Waals surface area contributed by atoms with Crippen molar-refractivity contribution in [3.05, 3.63) is 54.4 Å². The van der Waals surface area contributed by atoms with Crippen LogP contribution in [-0.2, 0) is 4.79 Å². The zero-order valence-corrected chi connectivity index (χ0v) is 18.6. The minimum absolute atomic E-state index is 0.217. The van der Waals surface area contributed by atoms with Crippen LogP contribution in [0.25, 0.3) is 5.52 Å². The fourth-order valence-corrected chi connectivity index (χ4v) is 4.49. The van der Waals surface area contributed by atoms with Crippen molar-refractivity contribution in [3.63, 3.8) is 0 Å². The van der Waals surface area contributed by atoms with Crippen molar-refractivity contribution in [1.82, 2.24) is 29.8 Å². The maximum Gasteiger partial charge on any atom is 0.250 e. The molecule has 2 aliphatic rings. The van der Waals surface area contributed by atoms with Crippen molar-refractivity contribution in [1.29, 1.82) is 0 Å². The molecule has 1 unspecified atom stereocenters. The molecule has 1 amide bonds. The number of halogens is 1. The molecular weight excluding hydrogens is 437 g/mol. The number of aromatic nitrogens is 6. The van der Waals surface area contributed by atoms with Crippen LogP contribution in [0.15, 0.2) is 42.7 Å². The topological polar surface area (TPSA) is 116 Å². The summed E-state index contributed by atoms with van der Waals surface area (Å²) in [6.45, 7) is 2.50. The zero-order valence-electron chi connectivity index (χ0n) is 18.6. The first-order valence-corrected chi connectivity index (χ1v) is 11.4. The average molecular weight is 462 g/mol. The Bertz CT molecular complexity index is 1360. The van der Waals surface area contributed by atoms with Crippen molar-refractivity contribution in [2.45, 2.75) is 44.1 Å². The number of hydrogen-bond donors (Lipinski definition) is 3. The van der Waals surface area contributed by atoms with Crippen molar-refractivity contribution in [3.8, 4) is 0 Å². The van der Waals surface area contributed by atoms with Gasteiger partial charge in [0, 0.05) is 30.4 Å². The minimum Gasteiger partial charge on any atom is -0.325 e. The summed E-state index contributed by atoms with van der Waals surface area (Å²) in [7, 11) is 0. The molecule has 1 saturated heterocycles. The van der Waals surface area contributed by atoms with Gasteiger partial charge < -0.3 is 15.5 Å². The number of nitrogens with one attached hydrogen (secondary N) is 3. The Kier molecular flexibility index (Phi) is 4.71. The molecule has 6 rings (SSSR count). The molecule has 4 aromatic rings. The summed E-state index contributed by atoms with van der Waals surface area (Å²) in [4.78, 5) is 23.6. The highest BCUT2D eigenvalue weighted by atomic mass is 19.1. The molecule has 1 aliphatic carbocycles. The summed E-state index contributed by atoms with van der Waals surface area (Å²) < 4.78 is 14.9. The number of anilines is 4. The van der Waals surface area contributed by atoms with E-state index in [9.17, 15) is 9.18 Å². The van der Waals surface area contributed by atoms with Gasteiger partial charge in [0.1, 0.15) is 11.1 Å². The lowest BCUT2D eigenvalue weighted by Crippen LogP contribution is -2.51. The maximum atomic E-state index is 13.3. The number of pyridine rings is 1. The van der Waals surface area contributed by atoms with E-state index in [0.717, 1.165) is 17.6 Å². The molecule has 174 valence electrons. The number of nitrogens with zero attached hydrogens (tertiary/aromatic N) is 6. The van der Waals surface area contributed by atoms with E-state index in [-0.39, 0.29) is 5.91 Å². The molecule has 10 nitrogen and oxygen atoms in total. The molecule has 0 radical (unpaired) electrons. The predicted molar refractivity (Wildman–Crippen MR) is 125 cm³/mol. The second kappa shape index (κ2) is 7.79. The summed E-state index contributed by atoms with van der Waals surface area (Å²) in [5, 5.41) is 18.3. The van der Waals surface area contributed by atoms with Gasteiger partial charge in [-0.25, -0.2) is 9.50 Å². The molecule has 0 bridgehead atoms. The maximum absolute atomic E-state index is 13.3. The molecule has 2 fully saturated rings. The van der Waals surface area contributed by atoms with Crippen LogP contribution in [0.2, 0.25) is 0 Å². The standard InChI is InChI=1S/C23H24FN9O/c1-23(21(34)26-15-7-8-18(24)25-13-15)9-3-10-32(23)22-28-20(17-4-2-11-33(17)31-22)27-19-12-16(29-30-19)14-5-6-14/h2,4,7-8,11-14H,3,5-6,9-10H2,1H3,(H,26,34)(H2,27,28,29,30,31). The first-order chi connectivity index (χ1) is 16.5. The first-order valence-electron chi connectivity index (χ1n) is 11.4. The van der Waals surface area contributed by atoms with E-state index in [1.165, 1.54) is 31.2 Å². The molecule has 34 heavy (non-hydrogen) atoms. The van der Waals surface area contributed by atoms with E-state index < -0.39 is 11.5 Å². The van der Waals surface area contributed by atoms with Crippen LogP contribution >= 0.6 is 0 Å². The molecule has 1 saturated carbocycles. The molecular formula is C23H24FN9O. The Morgan fingerprint density at radius 3 is 2.97 bits per heavy atom. The summed E-state index contributed by atoms with van der Waals surface area (Å²) in [6.07, 6.45) is 6.97. The molecule has 4 aromatic heterocycles. The molecule has 3 N–H and O–H groups in total. The number of rotatable bonds is 6. The van der Waals surface area contributed by atoms with Crippen LogP contribution in [-0.4, -0.2) is 47.8 Å². The second-order valence-electron chi connectivity index (χ2n) is 9.06. The normalized spacial score (nSPS) is 20.1. The Hall–Kier alpha value is -4.02. The highest BCUT2D eigenvalue weighted by Gasteiger charge is 2.45. The van der Waals surface area contributed by atoms with Crippen LogP contribution in [0.5, 0.6) is 0 Å². The van der Waals surface area contributed by atoms with Gasteiger partial charge in [-0.05, 0) is 56.9 Å². The third kappa shape index (κ3) is 3.62. The number of fused-ring (bicyclic) bond motifs is 1. The molecule has 1 atom stereocenters. The lowest BCUT2D eigenvalue weighted by Gasteiger charge is -2.34. The third-order valence-electron chi connectivity index (χ3n) is 6.60. The van der Waals surface area contributed by atoms with E-state index in [4.69, 9.17) is 4.98 Å². The van der Waals surface area contributed by atoms with E-state index in [0.29, 0.717) is 42.2 Å². The quantitative estimate of drug-likeness (QED) is 0.376. The monoisotopic (exact) mass is 461 g/mol. The smallest absolute Gasteiger partial charge is 0.250 e. The number of carbonyl (C=O) groups excluding carboxylic acids is 1. The van der Waals surface area contributed by atoms with Gasteiger partial charge in [-0.15, -0.1) is 5.10 Å². The van der Waals surface area contributed by atoms with Crippen LogP contribution in [0.1, 0.15) is 44.2 Å². The van der Waals surface area contributed by atoms with Gasteiger partial charge >= 0.3 is 0 Å². The van der Waals surface area contributed by atoms with Gasteiger partial charge in [0.2, 0.25) is 17.8 Å². The summed E-state index contributed by atoms with van der Waals surface area (Å²) >= 11 is 0. The Labute approximate surface area is 194 Å². The number of H-pyrrole nitrogens is 1. The lowest BCUT2D eigenvalue weighted by molar-refractivity contribution is -0.120. The number of amides is 1. The van der Waals surface area contributed by atoms with Crippen molar-refractivity contribution in [2.24, 2.45) is 0 Å². The second-order valence-corrected chi connectivity index (χ2v) is 9.06. The SMILES string of the molecule is CC1(C(=O)Nc2ccc(F)nc2)CCCN1c1nc(Nc2cc(C3CC3)[nH]n2)c2cccn2n1.